The van der Waals surface area contributed by atoms with Crippen molar-refractivity contribution in [3.8, 4) is 0 Å². The summed E-state index contributed by atoms with van der Waals surface area (Å²) in [6.07, 6.45) is -5.35. The number of rotatable bonds is 7. The first-order valence-corrected chi connectivity index (χ1v) is 21.2. The molecule has 2 saturated heterocycles. The van der Waals surface area contributed by atoms with Gasteiger partial charge in [-0.15, -0.1) is 0 Å². The van der Waals surface area contributed by atoms with E-state index in [1.807, 2.05) is 6.92 Å². The lowest BCUT2D eigenvalue weighted by Crippen LogP contribution is -2.67. The Balaban J connectivity index is 1.14. The summed E-state index contributed by atoms with van der Waals surface area (Å²) in [4.78, 5) is 24.9. The van der Waals surface area contributed by atoms with Crippen LogP contribution in [0.1, 0.15) is 113 Å². The van der Waals surface area contributed by atoms with E-state index in [1.165, 1.54) is 5.57 Å². The van der Waals surface area contributed by atoms with E-state index in [1.54, 1.807) is 0 Å². The van der Waals surface area contributed by atoms with Crippen LogP contribution in [0.3, 0.4) is 0 Å². The fraction of sp³-hybridized carbons (Fsp3) is 0.907. The SMILES string of the molecule is COC(=O)[C@H]1O[C@@H](O[C@H]2[C@@H](O[C@H]3CC[C@]4(C)[C@H]5CC=C6[C@@H]7C[C@@](C)(C(=O)O)CC[C@]7(C)CC[C@@]6(C)[C@]5(C)CC[C@H]4C3(C)C)O[C@H](CO)[C@@H](O)[C@@H]2O)[C@H](O)[C@@H](O)[C@@H]1O. The third kappa shape index (κ3) is 6.48. The molecule has 0 spiro atoms. The van der Waals surface area contributed by atoms with Crippen molar-refractivity contribution in [2.45, 2.75) is 180 Å². The van der Waals surface area contributed by atoms with Crippen molar-refractivity contribution in [1.82, 2.24) is 0 Å². The third-order valence-electron chi connectivity index (χ3n) is 17.7. The van der Waals surface area contributed by atoms with Crippen LogP contribution in [-0.2, 0) is 33.3 Å². The molecule has 6 fully saturated rings. The van der Waals surface area contributed by atoms with Gasteiger partial charge in [-0.3, -0.25) is 4.79 Å². The molecule has 14 nitrogen and oxygen atoms in total. The van der Waals surface area contributed by atoms with Crippen LogP contribution in [0.25, 0.3) is 0 Å². The molecule has 324 valence electrons. The molecule has 0 aromatic heterocycles. The average Bonchev–Trinajstić information content (AvgIpc) is 3.16. The minimum atomic E-state index is -1.87. The van der Waals surface area contributed by atoms with Crippen LogP contribution in [0.5, 0.6) is 0 Å². The van der Waals surface area contributed by atoms with E-state index in [0.717, 1.165) is 58.5 Å². The number of hydrogen-bond acceptors (Lipinski definition) is 13. The van der Waals surface area contributed by atoms with Crippen LogP contribution < -0.4 is 0 Å². The first kappa shape index (κ1) is 43.4. The number of ether oxygens (including phenoxy) is 5. The molecular weight excluding hydrogens is 740 g/mol. The fourth-order valence-electron chi connectivity index (χ4n) is 13.7. The summed E-state index contributed by atoms with van der Waals surface area (Å²) in [6.45, 7) is 15.5. The number of carboxylic acid groups (broad SMARTS) is 1. The number of aliphatic hydroxyl groups is 6. The van der Waals surface area contributed by atoms with Crippen molar-refractivity contribution in [2.24, 2.45) is 50.2 Å². The zero-order chi connectivity index (χ0) is 41.8. The highest BCUT2D eigenvalue weighted by Gasteiger charge is 2.69. The van der Waals surface area contributed by atoms with Crippen molar-refractivity contribution in [3.63, 3.8) is 0 Å². The lowest BCUT2D eigenvalue weighted by atomic mass is 9.33. The minimum Gasteiger partial charge on any atom is -0.481 e. The van der Waals surface area contributed by atoms with E-state index >= 15 is 0 Å². The Morgan fingerprint density at radius 3 is 2.11 bits per heavy atom. The quantitative estimate of drug-likeness (QED) is 0.112. The molecule has 0 bridgehead atoms. The molecule has 0 aromatic carbocycles. The average molecular weight is 809 g/mol. The monoisotopic (exact) mass is 808 g/mol. The van der Waals surface area contributed by atoms with Crippen LogP contribution >= 0.6 is 0 Å². The summed E-state index contributed by atoms with van der Waals surface area (Å²) in [5, 5.41) is 74.4. The van der Waals surface area contributed by atoms with Crippen LogP contribution in [0.4, 0.5) is 0 Å². The molecule has 2 heterocycles. The van der Waals surface area contributed by atoms with Gasteiger partial charge in [-0.25, -0.2) is 4.79 Å². The van der Waals surface area contributed by atoms with Crippen molar-refractivity contribution in [3.05, 3.63) is 11.6 Å². The molecule has 19 atom stereocenters. The first-order chi connectivity index (χ1) is 26.5. The van der Waals surface area contributed by atoms with Crippen LogP contribution in [0.15, 0.2) is 11.6 Å². The van der Waals surface area contributed by atoms with Gasteiger partial charge in [0.05, 0.1) is 25.2 Å². The third-order valence-corrected chi connectivity index (χ3v) is 17.7. The van der Waals surface area contributed by atoms with Gasteiger partial charge in [-0.05, 0) is 116 Å². The van der Waals surface area contributed by atoms with E-state index in [4.69, 9.17) is 23.7 Å². The summed E-state index contributed by atoms with van der Waals surface area (Å²) in [5.74, 6) is -0.846. The molecule has 7 N–H and O–H groups in total. The summed E-state index contributed by atoms with van der Waals surface area (Å²) < 4.78 is 29.1. The summed E-state index contributed by atoms with van der Waals surface area (Å²) in [6, 6.07) is 0. The zero-order valence-electron chi connectivity index (χ0n) is 34.9. The maximum Gasteiger partial charge on any atom is 0.337 e. The van der Waals surface area contributed by atoms with E-state index in [9.17, 15) is 45.3 Å². The molecule has 57 heavy (non-hydrogen) atoms. The number of carbonyl (C=O) groups excluding carboxylic acids is 1. The van der Waals surface area contributed by atoms with Crippen molar-refractivity contribution < 1.29 is 69.0 Å². The number of carbonyl (C=O) groups is 2. The van der Waals surface area contributed by atoms with Gasteiger partial charge in [0.15, 0.2) is 18.7 Å². The number of fused-ring (bicyclic) bond motifs is 7. The maximum absolute atomic E-state index is 12.5. The topological polar surface area (TPSA) is 222 Å². The van der Waals surface area contributed by atoms with Crippen LogP contribution in [-0.4, -0.2) is 129 Å². The molecule has 0 unspecified atom stereocenters. The smallest absolute Gasteiger partial charge is 0.337 e. The second-order valence-electron chi connectivity index (χ2n) is 20.8. The van der Waals surface area contributed by atoms with Gasteiger partial charge in [-0.1, -0.05) is 53.2 Å². The van der Waals surface area contributed by atoms with Crippen molar-refractivity contribution in [2.75, 3.05) is 13.7 Å². The number of aliphatic carboxylic acids is 1. The molecule has 4 saturated carbocycles. The Bertz CT molecular complexity index is 1590. The summed E-state index contributed by atoms with van der Waals surface area (Å²) >= 11 is 0. The van der Waals surface area contributed by atoms with Gasteiger partial charge in [0.25, 0.3) is 0 Å². The number of methoxy groups -OCH3 is 1. The highest BCUT2D eigenvalue weighted by Crippen LogP contribution is 2.76. The van der Waals surface area contributed by atoms with Gasteiger partial charge in [0.1, 0.15) is 42.7 Å². The van der Waals surface area contributed by atoms with Gasteiger partial charge in [0.2, 0.25) is 0 Å². The number of allylic oxidation sites excluding steroid dienone is 2. The van der Waals surface area contributed by atoms with Gasteiger partial charge in [-0.2, -0.15) is 0 Å². The Morgan fingerprint density at radius 1 is 0.772 bits per heavy atom. The van der Waals surface area contributed by atoms with Crippen LogP contribution in [0, 0.1) is 50.2 Å². The Labute approximate surface area is 336 Å². The highest BCUT2D eigenvalue weighted by atomic mass is 16.8. The number of carboxylic acids is 1. The molecule has 5 aliphatic carbocycles. The van der Waals surface area contributed by atoms with E-state index in [2.05, 4.69) is 47.6 Å². The number of esters is 1. The minimum absolute atomic E-state index is 0.00551. The second-order valence-corrected chi connectivity index (χ2v) is 20.8. The van der Waals surface area contributed by atoms with Gasteiger partial charge in [0, 0.05) is 0 Å². The van der Waals surface area contributed by atoms with Gasteiger partial charge < -0.3 is 59.4 Å². The van der Waals surface area contributed by atoms with Crippen molar-refractivity contribution >= 4 is 11.9 Å². The summed E-state index contributed by atoms with van der Waals surface area (Å²) in [5.41, 5.74) is 0.353. The maximum atomic E-state index is 12.5. The largest absolute Gasteiger partial charge is 0.481 e. The van der Waals surface area contributed by atoms with Crippen LogP contribution in [0.2, 0.25) is 0 Å². The summed E-state index contributed by atoms with van der Waals surface area (Å²) in [7, 11) is 1.08. The van der Waals surface area contributed by atoms with E-state index in [0.29, 0.717) is 18.8 Å². The molecule has 7 rings (SSSR count). The second kappa shape index (κ2) is 14.7. The van der Waals surface area contributed by atoms with Crippen molar-refractivity contribution in [1.29, 1.82) is 0 Å². The Morgan fingerprint density at radius 2 is 1.46 bits per heavy atom. The zero-order valence-corrected chi connectivity index (χ0v) is 34.9. The predicted molar refractivity (Wildman–Crippen MR) is 203 cm³/mol. The molecular formula is C43H68O14. The fourth-order valence-corrected chi connectivity index (χ4v) is 13.7. The molecule has 0 amide bonds. The highest BCUT2D eigenvalue weighted by molar-refractivity contribution is 5.75. The molecule has 0 aromatic rings. The lowest BCUT2D eigenvalue weighted by Gasteiger charge is -2.71. The first-order valence-electron chi connectivity index (χ1n) is 21.2. The normalized spacial score (nSPS) is 53.3. The van der Waals surface area contributed by atoms with E-state index < -0.39 is 96.9 Å². The van der Waals surface area contributed by atoms with Gasteiger partial charge >= 0.3 is 11.9 Å². The number of aliphatic hydroxyl groups excluding tert-OH is 6. The molecule has 2 aliphatic heterocycles. The lowest BCUT2D eigenvalue weighted by molar-refractivity contribution is -0.375. The number of hydrogen-bond donors (Lipinski definition) is 7. The molecule has 7 aliphatic rings. The molecule has 0 radical (unpaired) electrons. The van der Waals surface area contributed by atoms with E-state index in [-0.39, 0.29) is 33.5 Å². The Kier molecular flexibility index (Phi) is 11.2. The molecule has 14 heteroatoms. The standard InChI is InChI=1S/C43H68O14/c1-38(2)24-11-14-43(7)25(10-9-21-22-19-40(4,37(51)52)16-15-39(22,3)17-18-42(21,43)6)41(24,5)13-12-26(38)55-36-33(29(47)27(45)23(20-44)54-36)57-35-31(49)28(46)30(48)32(56-35)34(50)53-8/h9,22-33,35-36,44-49H,10-20H2,1-8H3,(H,51,52)/t22-,23+,24-,25+,26-,27+,28-,29-,30-,31+,32-,33+,35-,36+,39+,40-,41-,42+,43+/m0/s1. The Hall–Kier alpha value is -1.72. The predicted octanol–water partition coefficient (Wildman–Crippen LogP) is 3.06.